The summed E-state index contributed by atoms with van der Waals surface area (Å²) in [6.07, 6.45) is -0.0705. The van der Waals surface area contributed by atoms with Gasteiger partial charge < -0.3 is 10.2 Å². The molecule has 0 saturated carbocycles. The Hall–Kier alpha value is 0.620. The smallest absolute Gasteiger partial charge is 0.0996 e. The van der Waals surface area contributed by atoms with Crippen molar-refractivity contribution < 1.29 is 10.2 Å². The average molecular weight is 260 g/mol. The van der Waals surface area contributed by atoms with E-state index < -0.39 is 12.2 Å². The van der Waals surface area contributed by atoms with Crippen molar-refractivity contribution in [3.63, 3.8) is 0 Å². The van der Waals surface area contributed by atoms with Gasteiger partial charge in [-0.2, -0.15) is 0 Å². The topological polar surface area (TPSA) is 40.5 Å². The molecule has 0 aliphatic carbocycles. The number of aliphatic hydroxyl groups excluding tert-OH is 2. The lowest BCUT2D eigenvalue weighted by Gasteiger charge is -2.07. The Kier molecular flexibility index (Phi) is 4.74. The first-order valence-corrected chi connectivity index (χ1v) is 4.01. The van der Waals surface area contributed by atoms with Crippen molar-refractivity contribution in [2.45, 2.75) is 19.1 Å². The van der Waals surface area contributed by atoms with Crippen molar-refractivity contribution in [3.05, 3.63) is 9.47 Å². The third-order valence-corrected chi connectivity index (χ3v) is 1.32. The van der Waals surface area contributed by atoms with Crippen LogP contribution in [0, 0.1) is 0 Å². The van der Waals surface area contributed by atoms with E-state index in [2.05, 4.69) is 31.9 Å². The molecule has 4 heteroatoms. The van der Waals surface area contributed by atoms with Crippen LogP contribution in [-0.2, 0) is 0 Å². The summed E-state index contributed by atoms with van der Waals surface area (Å²) in [5, 5.41) is 17.6. The molecule has 0 aliphatic heterocycles. The van der Waals surface area contributed by atoms with E-state index in [0.717, 1.165) is 0 Å². The summed E-state index contributed by atoms with van der Waals surface area (Å²) in [7, 11) is 0. The summed E-state index contributed by atoms with van der Waals surface area (Å²) in [5.74, 6) is 0. The molecule has 0 saturated heterocycles. The minimum absolute atomic E-state index is 0.642. The van der Waals surface area contributed by atoms with Crippen LogP contribution in [0.2, 0.25) is 0 Å². The second-order valence-electron chi connectivity index (χ2n) is 1.69. The molecule has 0 amide bonds. The molecule has 0 unspecified atom stereocenters. The summed E-state index contributed by atoms with van der Waals surface area (Å²) in [5.41, 5.74) is 0. The van der Waals surface area contributed by atoms with Gasteiger partial charge in [0, 0.05) is 0 Å². The number of halogens is 2. The van der Waals surface area contributed by atoms with E-state index in [0.29, 0.717) is 3.39 Å². The summed E-state index contributed by atoms with van der Waals surface area (Å²) < 4.78 is 0.642. The molecule has 0 fully saturated rings. The highest BCUT2D eigenvalue weighted by atomic mass is 79.9. The zero-order chi connectivity index (χ0) is 7.44. The number of hydrogen-bond acceptors (Lipinski definition) is 2. The molecule has 0 radical (unpaired) electrons. The van der Waals surface area contributed by atoms with E-state index in [1.807, 2.05) is 0 Å². The van der Waals surface area contributed by atoms with Gasteiger partial charge in [-0.25, -0.2) is 0 Å². The van der Waals surface area contributed by atoms with Gasteiger partial charge in [0.05, 0.1) is 15.6 Å². The van der Waals surface area contributed by atoms with Gasteiger partial charge in [0.1, 0.15) is 0 Å². The van der Waals surface area contributed by atoms with Gasteiger partial charge in [0.15, 0.2) is 0 Å². The van der Waals surface area contributed by atoms with Gasteiger partial charge in [0.25, 0.3) is 0 Å². The van der Waals surface area contributed by atoms with Gasteiger partial charge in [-0.05, 0) is 44.9 Å². The lowest BCUT2D eigenvalue weighted by atomic mass is 10.2. The van der Waals surface area contributed by atoms with Crippen molar-refractivity contribution in [1.29, 1.82) is 0 Å². The highest BCUT2D eigenvalue weighted by molar-refractivity contribution is 9.28. The zero-order valence-electron chi connectivity index (χ0n) is 4.88. The number of aliphatic hydroxyl groups is 2. The fourth-order valence-corrected chi connectivity index (χ4v) is 0.810. The maximum Gasteiger partial charge on any atom is 0.0996 e. The predicted octanol–water partition coefficient (Wildman–Crippen LogP) is 1.36. The Labute approximate surface area is 70.8 Å². The minimum atomic E-state index is -0.807. The fraction of sp³-hybridized carbons (Fsp3) is 0.600. The van der Waals surface area contributed by atoms with Crippen molar-refractivity contribution in [1.82, 2.24) is 0 Å². The molecule has 0 bridgehead atoms. The second kappa shape index (κ2) is 4.44. The van der Waals surface area contributed by atoms with Crippen LogP contribution in [0.5, 0.6) is 0 Å². The maximum atomic E-state index is 8.91. The molecule has 54 valence electrons. The summed E-state index contributed by atoms with van der Waals surface area (Å²) in [6.45, 7) is 1.52. The molecular formula is C5H8Br2O2. The van der Waals surface area contributed by atoms with Crippen LogP contribution in [0.1, 0.15) is 6.92 Å². The lowest BCUT2D eigenvalue weighted by molar-refractivity contribution is 0.0620. The van der Waals surface area contributed by atoms with E-state index in [9.17, 15) is 0 Å². The molecule has 0 aliphatic rings. The predicted molar refractivity (Wildman–Crippen MR) is 43.6 cm³/mol. The molecule has 9 heavy (non-hydrogen) atoms. The average Bonchev–Trinajstić information content (AvgIpc) is 1.63. The normalized spacial score (nSPS) is 16.6. The highest BCUT2D eigenvalue weighted by Crippen LogP contribution is 2.14. The Bertz CT molecular complexity index is 108. The molecule has 0 rings (SSSR count). The van der Waals surface area contributed by atoms with Gasteiger partial charge in [-0.1, -0.05) is 0 Å². The molecule has 0 aromatic rings. The summed E-state index contributed by atoms with van der Waals surface area (Å²) in [6, 6.07) is 0. The molecule has 2 N–H and O–H groups in total. The van der Waals surface area contributed by atoms with Gasteiger partial charge in [-0.15, -0.1) is 0 Å². The summed E-state index contributed by atoms with van der Waals surface area (Å²) in [4.78, 5) is 0. The Morgan fingerprint density at radius 3 is 2.00 bits per heavy atom. The Morgan fingerprint density at radius 1 is 1.44 bits per heavy atom. The maximum absolute atomic E-state index is 8.91. The molecule has 0 heterocycles. The third-order valence-electron chi connectivity index (χ3n) is 0.791. The largest absolute Gasteiger partial charge is 0.390 e. The van der Waals surface area contributed by atoms with Gasteiger partial charge >= 0.3 is 0 Å². The van der Waals surface area contributed by atoms with Crippen LogP contribution >= 0.6 is 31.9 Å². The second-order valence-corrected chi connectivity index (χ2v) is 4.46. The van der Waals surface area contributed by atoms with Crippen LogP contribution in [0.15, 0.2) is 9.47 Å². The standard InChI is InChI=1S/C5H8Br2O2/c1-3(8)4(9)2-5(6)7/h2-4,8-9H,1H3/t3-,4-/m0/s1. The van der Waals surface area contributed by atoms with Crippen LogP contribution in [0.25, 0.3) is 0 Å². The van der Waals surface area contributed by atoms with Crippen LogP contribution in [0.3, 0.4) is 0 Å². The zero-order valence-corrected chi connectivity index (χ0v) is 8.05. The molecular weight excluding hydrogens is 252 g/mol. The van der Waals surface area contributed by atoms with E-state index in [-0.39, 0.29) is 0 Å². The molecule has 0 aromatic carbocycles. The van der Waals surface area contributed by atoms with Crippen molar-refractivity contribution in [2.24, 2.45) is 0 Å². The summed E-state index contributed by atoms with van der Waals surface area (Å²) >= 11 is 6.10. The van der Waals surface area contributed by atoms with Crippen molar-refractivity contribution in [2.75, 3.05) is 0 Å². The van der Waals surface area contributed by atoms with Crippen LogP contribution in [-0.4, -0.2) is 22.4 Å². The Morgan fingerprint density at radius 2 is 1.89 bits per heavy atom. The van der Waals surface area contributed by atoms with Crippen LogP contribution in [0.4, 0.5) is 0 Å². The number of hydrogen-bond donors (Lipinski definition) is 2. The number of rotatable bonds is 2. The Balaban J connectivity index is 3.76. The molecule has 0 spiro atoms. The van der Waals surface area contributed by atoms with Crippen molar-refractivity contribution >= 4 is 31.9 Å². The highest BCUT2D eigenvalue weighted by Gasteiger charge is 2.06. The first-order chi connectivity index (χ1) is 4.04. The third kappa shape index (κ3) is 5.08. The fourth-order valence-electron chi connectivity index (χ4n) is 0.268. The minimum Gasteiger partial charge on any atom is -0.390 e. The first kappa shape index (κ1) is 9.62. The monoisotopic (exact) mass is 258 g/mol. The quantitative estimate of drug-likeness (QED) is 0.786. The SMILES string of the molecule is C[C@H](O)[C@@H](O)C=C(Br)Br. The molecule has 2 atom stereocenters. The van der Waals surface area contributed by atoms with Crippen molar-refractivity contribution in [3.8, 4) is 0 Å². The van der Waals surface area contributed by atoms with Gasteiger partial charge in [-0.3, -0.25) is 0 Å². The van der Waals surface area contributed by atoms with E-state index in [1.54, 1.807) is 0 Å². The lowest BCUT2D eigenvalue weighted by Crippen LogP contribution is -2.19. The van der Waals surface area contributed by atoms with E-state index >= 15 is 0 Å². The molecule has 2 nitrogen and oxygen atoms in total. The molecule has 0 aromatic heterocycles. The van der Waals surface area contributed by atoms with Crippen LogP contribution < -0.4 is 0 Å². The first-order valence-electron chi connectivity index (χ1n) is 2.43. The van der Waals surface area contributed by atoms with E-state index in [1.165, 1.54) is 13.0 Å². The van der Waals surface area contributed by atoms with E-state index in [4.69, 9.17) is 10.2 Å². The van der Waals surface area contributed by atoms with Gasteiger partial charge in [0.2, 0.25) is 0 Å².